The summed E-state index contributed by atoms with van der Waals surface area (Å²) < 4.78 is 0. The third kappa shape index (κ3) is 3.50. The lowest BCUT2D eigenvalue weighted by Crippen LogP contribution is -2.49. The van der Waals surface area contributed by atoms with Gasteiger partial charge in [-0.25, -0.2) is 4.79 Å². The molecule has 0 aromatic heterocycles. The third-order valence-electron chi connectivity index (χ3n) is 5.26. The van der Waals surface area contributed by atoms with Gasteiger partial charge in [0.15, 0.2) is 0 Å². The van der Waals surface area contributed by atoms with Crippen LogP contribution in [-0.4, -0.2) is 52.6 Å². The van der Waals surface area contributed by atoms with Crippen molar-refractivity contribution in [3.8, 4) is 0 Å². The minimum atomic E-state index is -0.902. The van der Waals surface area contributed by atoms with Crippen LogP contribution in [0.5, 0.6) is 0 Å². The van der Waals surface area contributed by atoms with Gasteiger partial charge in [0, 0.05) is 19.1 Å². The van der Waals surface area contributed by atoms with Gasteiger partial charge in [0.2, 0.25) is 0 Å². The van der Waals surface area contributed by atoms with E-state index in [-0.39, 0.29) is 12.6 Å². The van der Waals surface area contributed by atoms with Crippen molar-refractivity contribution in [2.45, 2.75) is 57.4 Å². The van der Waals surface area contributed by atoms with Gasteiger partial charge in [-0.1, -0.05) is 12.8 Å². The molecule has 2 amide bonds. The smallest absolute Gasteiger partial charge is 0.323 e. The highest BCUT2D eigenvalue weighted by Gasteiger charge is 2.39. The fourth-order valence-corrected chi connectivity index (χ4v) is 4.03. The first-order chi connectivity index (χ1) is 10.1. The summed E-state index contributed by atoms with van der Waals surface area (Å²) >= 11 is 0. The van der Waals surface area contributed by atoms with Crippen molar-refractivity contribution in [3.63, 3.8) is 0 Å². The molecule has 118 valence electrons. The summed E-state index contributed by atoms with van der Waals surface area (Å²) in [6.07, 6.45) is 9.46. The second kappa shape index (κ2) is 6.24. The Morgan fingerprint density at radius 2 is 1.76 bits per heavy atom. The van der Waals surface area contributed by atoms with Crippen molar-refractivity contribution < 1.29 is 14.7 Å². The zero-order valence-corrected chi connectivity index (χ0v) is 12.7. The summed E-state index contributed by atoms with van der Waals surface area (Å²) in [5, 5.41) is 9.07. The highest BCUT2D eigenvalue weighted by molar-refractivity contribution is 5.80. The van der Waals surface area contributed by atoms with E-state index in [0.29, 0.717) is 24.4 Å². The molecule has 1 heterocycles. The number of rotatable bonds is 5. The van der Waals surface area contributed by atoms with E-state index in [4.69, 9.17) is 5.11 Å². The Labute approximate surface area is 126 Å². The normalized spacial score (nSPS) is 26.3. The first-order valence-electron chi connectivity index (χ1n) is 8.42. The van der Waals surface area contributed by atoms with Crippen LogP contribution in [0.3, 0.4) is 0 Å². The number of aliphatic carboxylic acids is 1. The molecule has 5 nitrogen and oxygen atoms in total. The molecule has 0 aromatic rings. The molecule has 1 atom stereocenters. The third-order valence-corrected chi connectivity index (χ3v) is 5.26. The minimum absolute atomic E-state index is 0.0290. The molecule has 0 aromatic carbocycles. The maximum Gasteiger partial charge on any atom is 0.323 e. The summed E-state index contributed by atoms with van der Waals surface area (Å²) in [5.41, 5.74) is 0. The number of carbonyl (C=O) groups is 2. The van der Waals surface area contributed by atoms with Crippen LogP contribution in [0.15, 0.2) is 0 Å². The average Bonchev–Trinajstić information content (AvgIpc) is 2.96. The summed E-state index contributed by atoms with van der Waals surface area (Å²) in [7, 11) is 0. The van der Waals surface area contributed by atoms with Crippen LogP contribution < -0.4 is 0 Å². The Kier molecular flexibility index (Phi) is 4.36. The Bertz CT molecular complexity index is 402. The van der Waals surface area contributed by atoms with Crippen LogP contribution in [-0.2, 0) is 4.79 Å². The van der Waals surface area contributed by atoms with E-state index in [9.17, 15) is 9.59 Å². The molecule has 0 spiro atoms. The van der Waals surface area contributed by atoms with Crippen LogP contribution >= 0.6 is 0 Å². The number of hydrogen-bond donors (Lipinski definition) is 1. The number of likely N-dealkylation sites (tertiary alicyclic amines) is 1. The lowest BCUT2D eigenvalue weighted by molar-refractivity contribution is -0.137. The fraction of sp³-hybridized carbons (Fsp3) is 0.875. The molecule has 1 saturated heterocycles. The molecule has 21 heavy (non-hydrogen) atoms. The first kappa shape index (κ1) is 14.7. The number of carboxylic acids is 1. The molecular weight excluding hydrogens is 268 g/mol. The molecular formula is C16H26N2O3. The SMILES string of the molecule is O=C(O)CN(CC1CC1)C(=O)N1CCCC1C1CCCC1. The van der Waals surface area contributed by atoms with Crippen molar-refractivity contribution >= 4 is 12.0 Å². The molecule has 1 N–H and O–H groups in total. The monoisotopic (exact) mass is 294 g/mol. The van der Waals surface area contributed by atoms with Gasteiger partial charge in [-0.15, -0.1) is 0 Å². The number of nitrogens with zero attached hydrogens (tertiary/aromatic N) is 2. The van der Waals surface area contributed by atoms with Crippen molar-refractivity contribution in [3.05, 3.63) is 0 Å². The lowest BCUT2D eigenvalue weighted by atomic mass is 9.96. The standard InChI is InChI=1S/C16H26N2O3/c19-15(20)11-17(10-12-7-8-12)16(21)18-9-3-6-14(18)13-4-1-2-5-13/h12-14H,1-11H2,(H,19,20). The molecule has 5 heteroatoms. The van der Waals surface area contributed by atoms with Crippen molar-refractivity contribution in [2.75, 3.05) is 19.6 Å². The molecule has 0 bridgehead atoms. The number of amides is 2. The Hall–Kier alpha value is -1.26. The summed E-state index contributed by atoms with van der Waals surface area (Å²) in [4.78, 5) is 27.4. The lowest BCUT2D eigenvalue weighted by Gasteiger charge is -2.34. The molecule has 0 radical (unpaired) electrons. The Balaban J connectivity index is 1.66. The molecule has 3 fully saturated rings. The zero-order valence-electron chi connectivity index (χ0n) is 12.7. The predicted octanol–water partition coefficient (Wildman–Crippen LogP) is 2.56. The van der Waals surface area contributed by atoms with E-state index in [1.54, 1.807) is 4.90 Å². The first-order valence-corrected chi connectivity index (χ1v) is 8.42. The topological polar surface area (TPSA) is 60.9 Å². The molecule has 2 aliphatic carbocycles. The fourth-order valence-electron chi connectivity index (χ4n) is 4.03. The van der Waals surface area contributed by atoms with Gasteiger partial charge in [-0.2, -0.15) is 0 Å². The Morgan fingerprint density at radius 1 is 1.05 bits per heavy atom. The van der Waals surface area contributed by atoms with Crippen molar-refractivity contribution in [2.24, 2.45) is 11.8 Å². The highest BCUT2D eigenvalue weighted by Crippen LogP contribution is 2.36. The molecule has 3 aliphatic rings. The average molecular weight is 294 g/mol. The van der Waals surface area contributed by atoms with Crippen LogP contribution in [0.4, 0.5) is 4.79 Å². The number of hydrogen-bond acceptors (Lipinski definition) is 2. The van der Waals surface area contributed by atoms with Crippen molar-refractivity contribution in [1.82, 2.24) is 9.80 Å². The molecule has 2 saturated carbocycles. The largest absolute Gasteiger partial charge is 0.480 e. The minimum Gasteiger partial charge on any atom is -0.480 e. The van der Waals surface area contributed by atoms with Gasteiger partial charge in [0.1, 0.15) is 6.54 Å². The van der Waals surface area contributed by atoms with Gasteiger partial charge in [0.05, 0.1) is 0 Å². The summed E-state index contributed by atoms with van der Waals surface area (Å²) in [5.74, 6) is 0.269. The summed E-state index contributed by atoms with van der Waals surface area (Å²) in [6, 6.07) is 0.328. The van der Waals surface area contributed by atoms with E-state index in [1.165, 1.54) is 25.7 Å². The predicted molar refractivity (Wildman–Crippen MR) is 79.0 cm³/mol. The van der Waals surface area contributed by atoms with Gasteiger partial charge in [-0.05, 0) is 50.4 Å². The van der Waals surface area contributed by atoms with E-state index in [1.807, 2.05) is 4.90 Å². The van der Waals surface area contributed by atoms with E-state index >= 15 is 0 Å². The van der Waals surface area contributed by atoms with Crippen LogP contribution in [0, 0.1) is 11.8 Å². The number of carboxylic acid groups (broad SMARTS) is 1. The maximum absolute atomic E-state index is 12.8. The van der Waals surface area contributed by atoms with E-state index in [2.05, 4.69) is 0 Å². The second-order valence-corrected chi connectivity index (χ2v) is 6.95. The van der Waals surface area contributed by atoms with Gasteiger partial charge in [-0.3, -0.25) is 4.79 Å². The van der Waals surface area contributed by atoms with Crippen LogP contribution in [0.25, 0.3) is 0 Å². The van der Waals surface area contributed by atoms with Crippen LogP contribution in [0.1, 0.15) is 51.4 Å². The zero-order chi connectivity index (χ0) is 14.8. The molecule has 1 unspecified atom stereocenters. The van der Waals surface area contributed by atoms with Crippen molar-refractivity contribution in [1.29, 1.82) is 0 Å². The quantitative estimate of drug-likeness (QED) is 0.847. The number of urea groups is 1. The molecule has 3 rings (SSSR count). The molecule has 1 aliphatic heterocycles. The number of carbonyl (C=O) groups excluding carboxylic acids is 1. The summed E-state index contributed by atoms with van der Waals surface area (Å²) in [6.45, 7) is 1.28. The van der Waals surface area contributed by atoms with Gasteiger partial charge in [0.25, 0.3) is 0 Å². The van der Waals surface area contributed by atoms with Gasteiger partial charge < -0.3 is 14.9 Å². The Morgan fingerprint density at radius 3 is 2.38 bits per heavy atom. The van der Waals surface area contributed by atoms with E-state index in [0.717, 1.165) is 32.2 Å². The van der Waals surface area contributed by atoms with Gasteiger partial charge >= 0.3 is 12.0 Å². The van der Waals surface area contributed by atoms with E-state index < -0.39 is 5.97 Å². The maximum atomic E-state index is 12.8. The highest BCUT2D eigenvalue weighted by atomic mass is 16.4. The van der Waals surface area contributed by atoms with Crippen LogP contribution in [0.2, 0.25) is 0 Å². The second-order valence-electron chi connectivity index (χ2n) is 6.95.